The Morgan fingerprint density at radius 3 is 2.95 bits per heavy atom. The van der Waals surface area contributed by atoms with Gasteiger partial charge in [-0.3, -0.25) is 9.78 Å². The molecule has 0 radical (unpaired) electrons. The van der Waals surface area contributed by atoms with Crippen LogP contribution in [0, 0.1) is 5.92 Å². The summed E-state index contributed by atoms with van der Waals surface area (Å²) < 4.78 is 0. The van der Waals surface area contributed by atoms with E-state index in [1.165, 1.54) is 24.0 Å². The molecular formula is C16H16N2O2. The molecule has 102 valence electrons. The van der Waals surface area contributed by atoms with E-state index in [-0.39, 0.29) is 11.7 Å². The van der Waals surface area contributed by atoms with Crippen LogP contribution < -0.4 is 4.90 Å². The minimum absolute atomic E-state index is 0.00851. The second-order valence-corrected chi connectivity index (χ2v) is 5.29. The fraction of sp³-hybridized carbons (Fsp3) is 0.250. The summed E-state index contributed by atoms with van der Waals surface area (Å²) in [5.74, 6) is 0.306. The molecule has 1 aromatic heterocycles. The molecule has 0 fully saturated rings. The maximum absolute atomic E-state index is 12.6. The zero-order valence-electron chi connectivity index (χ0n) is 11.3. The number of benzene rings is 1. The number of hydrogen-bond donors (Lipinski definition) is 1. The van der Waals surface area contributed by atoms with E-state index in [9.17, 15) is 9.90 Å². The molecule has 1 N–H and O–H groups in total. The molecule has 1 unspecified atom stereocenters. The van der Waals surface area contributed by atoms with Crippen molar-refractivity contribution < 1.29 is 9.90 Å². The number of anilines is 1. The van der Waals surface area contributed by atoms with Gasteiger partial charge in [0.1, 0.15) is 5.75 Å². The van der Waals surface area contributed by atoms with E-state index in [0.29, 0.717) is 18.0 Å². The second-order valence-electron chi connectivity index (χ2n) is 5.29. The summed E-state index contributed by atoms with van der Waals surface area (Å²) in [6, 6.07) is 9.42. The van der Waals surface area contributed by atoms with Gasteiger partial charge in [0.15, 0.2) is 0 Å². The van der Waals surface area contributed by atoms with Crippen LogP contribution in [0.5, 0.6) is 5.75 Å². The molecule has 0 saturated heterocycles. The first-order valence-corrected chi connectivity index (χ1v) is 6.69. The first-order valence-electron chi connectivity index (χ1n) is 6.69. The maximum Gasteiger partial charge on any atom is 0.259 e. The predicted molar refractivity (Wildman–Crippen MR) is 76.9 cm³/mol. The van der Waals surface area contributed by atoms with E-state index in [1.807, 2.05) is 18.2 Å². The smallest absolute Gasteiger partial charge is 0.259 e. The summed E-state index contributed by atoms with van der Waals surface area (Å²) in [6.45, 7) is 2.82. The van der Waals surface area contributed by atoms with Crippen LogP contribution in [-0.2, 0) is 6.42 Å². The van der Waals surface area contributed by atoms with Gasteiger partial charge >= 0.3 is 0 Å². The molecular weight excluding hydrogens is 252 g/mol. The van der Waals surface area contributed by atoms with Gasteiger partial charge in [0, 0.05) is 18.4 Å². The van der Waals surface area contributed by atoms with Crippen molar-refractivity contribution in [2.45, 2.75) is 13.3 Å². The number of aromatic nitrogens is 1. The van der Waals surface area contributed by atoms with E-state index in [4.69, 9.17) is 0 Å². The summed E-state index contributed by atoms with van der Waals surface area (Å²) in [5, 5.41) is 9.47. The summed E-state index contributed by atoms with van der Waals surface area (Å²) in [7, 11) is 0. The van der Waals surface area contributed by atoms with Crippen LogP contribution in [0.25, 0.3) is 0 Å². The lowest BCUT2D eigenvalue weighted by molar-refractivity contribution is 0.0980. The van der Waals surface area contributed by atoms with Gasteiger partial charge in [0.05, 0.1) is 11.8 Å². The highest BCUT2D eigenvalue weighted by Crippen LogP contribution is 2.30. The Morgan fingerprint density at radius 1 is 1.35 bits per heavy atom. The topological polar surface area (TPSA) is 53.4 Å². The quantitative estimate of drug-likeness (QED) is 0.865. The maximum atomic E-state index is 12.6. The van der Waals surface area contributed by atoms with Crippen LogP contribution in [0.3, 0.4) is 0 Å². The zero-order valence-corrected chi connectivity index (χ0v) is 11.3. The standard InChI is InChI=1S/C16H16N2O2/c1-11-6-12-4-2-3-5-15(12)18(10-11)16(20)13-7-14(19)9-17-8-13/h2-5,7-9,11,19H,6,10H2,1H3. The van der Waals surface area contributed by atoms with Crippen LogP contribution in [0.1, 0.15) is 22.8 Å². The number of amides is 1. The number of rotatable bonds is 1. The number of nitrogens with zero attached hydrogens (tertiary/aromatic N) is 2. The highest BCUT2D eigenvalue weighted by molar-refractivity contribution is 6.06. The third-order valence-electron chi connectivity index (χ3n) is 3.56. The number of fused-ring (bicyclic) bond motifs is 1. The fourth-order valence-corrected chi connectivity index (χ4v) is 2.69. The molecule has 1 aliphatic heterocycles. The molecule has 0 saturated carbocycles. The minimum atomic E-state index is -0.118. The second kappa shape index (κ2) is 4.96. The Kier molecular flexibility index (Phi) is 3.14. The molecule has 1 aromatic carbocycles. The molecule has 20 heavy (non-hydrogen) atoms. The number of carbonyl (C=O) groups excluding carboxylic acids is 1. The first-order chi connectivity index (χ1) is 9.65. The molecule has 0 bridgehead atoms. The zero-order chi connectivity index (χ0) is 14.1. The number of para-hydroxylation sites is 1. The lowest BCUT2D eigenvalue weighted by Gasteiger charge is -2.33. The molecule has 4 heteroatoms. The molecule has 0 aliphatic carbocycles. The van der Waals surface area contributed by atoms with Gasteiger partial charge < -0.3 is 10.0 Å². The van der Waals surface area contributed by atoms with E-state index >= 15 is 0 Å². The SMILES string of the molecule is CC1Cc2ccccc2N(C(=O)c2cncc(O)c2)C1. The molecule has 1 amide bonds. The van der Waals surface area contributed by atoms with Crippen LogP contribution >= 0.6 is 0 Å². The van der Waals surface area contributed by atoms with Crippen LogP contribution in [0.2, 0.25) is 0 Å². The third-order valence-corrected chi connectivity index (χ3v) is 3.56. The van der Waals surface area contributed by atoms with Gasteiger partial charge in [-0.05, 0) is 30.0 Å². The van der Waals surface area contributed by atoms with Gasteiger partial charge in [-0.15, -0.1) is 0 Å². The van der Waals surface area contributed by atoms with Gasteiger partial charge in [-0.25, -0.2) is 0 Å². The number of carbonyl (C=O) groups is 1. The fourth-order valence-electron chi connectivity index (χ4n) is 2.69. The van der Waals surface area contributed by atoms with Crippen molar-refractivity contribution >= 4 is 11.6 Å². The van der Waals surface area contributed by atoms with E-state index in [2.05, 4.69) is 18.0 Å². The summed E-state index contributed by atoms with van der Waals surface area (Å²) in [5.41, 5.74) is 2.56. The van der Waals surface area contributed by atoms with Gasteiger partial charge in [0.25, 0.3) is 5.91 Å². The first kappa shape index (κ1) is 12.7. The Labute approximate surface area is 117 Å². The van der Waals surface area contributed by atoms with Crippen molar-refractivity contribution in [2.75, 3.05) is 11.4 Å². The molecule has 2 heterocycles. The summed E-state index contributed by atoms with van der Waals surface area (Å²) in [4.78, 5) is 18.3. The number of pyridine rings is 1. The Balaban J connectivity index is 2.00. The lowest BCUT2D eigenvalue weighted by atomic mass is 9.93. The average molecular weight is 268 g/mol. The van der Waals surface area contributed by atoms with Crippen LogP contribution in [0.4, 0.5) is 5.69 Å². The summed E-state index contributed by atoms with van der Waals surface area (Å²) in [6.07, 6.45) is 3.80. The predicted octanol–water partition coefficient (Wildman–Crippen LogP) is 2.63. The van der Waals surface area contributed by atoms with Gasteiger partial charge in [-0.2, -0.15) is 0 Å². The van der Waals surface area contributed by atoms with Crippen LogP contribution in [0.15, 0.2) is 42.7 Å². The molecule has 4 nitrogen and oxygen atoms in total. The molecule has 3 rings (SSSR count). The number of hydrogen-bond acceptors (Lipinski definition) is 3. The van der Waals surface area contributed by atoms with E-state index < -0.39 is 0 Å². The molecule has 2 aromatic rings. The average Bonchev–Trinajstić information content (AvgIpc) is 2.45. The largest absolute Gasteiger partial charge is 0.506 e. The van der Waals surface area contributed by atoms with Gasteiger partial charge in [0.2, 0.25) is 0 Å². The normalized spacial score (nSPS) is 17.6. The third kappa shape index (κ3) is 2.25. The van der Waals surface area contributed by atoms with Crippen molar-refractivity contribution in [3.63, 3.8) is 0 Å². The monoisotopic (exact) mass is 268 g/mol. The van der Waals surface area contributed by atoms with Crippen molar-refractivity contribution in [3.8, 4) is 5.75 Å². The Bertz CT molecular complexity index is 654. The Morgan fingerprint density at radius 2 is 2.15 bits per heavy atom. The highest BCUT2D eigenvalue weighted by Gasteiger charge is 2.27. The lowest BCUT2D eigenvalue weighted by Crippen LogP contribution is -2.39. The molecule has 0 spiro atoms. The Hall–Kier alpha value is -2.36. The van der Waals surface area contributed by atoms with Gasteiger partial charge in [-0.1, -0.05) is 25.1 Å². The van der Waals surface area contributed by atoms with E-state index in [0.717, 1.165) is 12.1 Å². The van der Waals surface area contributed by atoms with Crippen LogP contribution in [-0.4, -0.2) is 22.5 Å². The van der Waals surface area contributed by atoms with Crippen molar-refractivity contribution in [1.29, 1.82) is 0 Å². The number of aromatic hydroxyl groups is 1. The highest BCUT2D eigenvalue weighted by atomic mass is 16.3. The van der Waals surface area contributed by atoms with Crippen molar-refractivity contribution in [1.82, 2.24) is 4.98 Å². The van der Waals surface area contributed by atoms with E-state index in [1.54, 1.807) is 4.90 Å². The van der Waals surface area contributed by atoms with Crippen molar-refractivity contribution in [2.24, 2.45) is 5.92 Å². The minimum Gasteiger partial charge on any atom is -0.506 e. The van der Waals surface area contributed by atoms with Crippen molar-refractivity contribution in [3.05, 3.63) is 53.9 Å². The molecule has 1 aliphatic rings. The summed E-state index contributed by atoms with van der Waals surface area (Å²) >= 11 is 0. The molecule has 1 atom stereocenters.